The second-order valence-electron chi connectivity index (χ2n) is 5.41. The Bertz CT molecular complexity index is 734. The number of nitrogens with one attached hydrogen (secondary N) is 1. The molecule has 0 aliphatic carbocycles. The molecule has 0 radical (unpaired) electrons. The lowest BCUT2D eigenvalue weighted by Crippen LogP contribution is -2.42. The second-order valence-corrected chi connectivity index (χ2v) is 6.28. The Balaban J connectivity index is 1.85. The summed E-state index contributed by atoms with van der Waals surface area (Å²) in [7, 11) is 0. The van der Waals surface area contributed by atoms with Crippen LogP contribution in [0.1, 0.15) is 23.9 Å². The summed E-state index contributed by atoms with van der Waals surface area (Å²) in [4.78, 5) is 5.56. The van der Waals surface area contributed by atoms with E-state index in [0.29, 0.717) is 6.54 Å². The first-order valence-corrected chi connectivity index (χ1v) is 7.84. The van der Waals surface area contributed by atoms with E-state index in [1.165, 1.54) is 0 Å². The van der Waals surface area contributed by atoms with Gasteiger partial charge < -0.3 is 10.4 Å². The maximum atomic E-state index is 9.83. The van der Waals surface area contributed by atoms with E-state index in [9.17, 15) is 5.11 Å². The summed E-state index contributed by atoms with van der Waals surface area (Å²) < 4.78 is 2.11. The van der Waals surface area contributed by atoms with Gasteiger partial charge in [-0.15, -0.1) is 11.3 Å². The zero-order chi connectivity index (χ0) is 14.9. The van der Waals surface area contributed by atoms with Crippen LogP contribution in [-0.4, -0.2) is 21.1 Å². The van der Waals surface area contributed by atoms with Gasteiger partial charge in [0.05, 0.1) is 23.5 Å². The highest BCUT2D eigenvalue weighted by molar-refractivity contribution is 7.15. The number of fused-ring (bicyclic) bond motifs is 1. The molecule has 1 aromatic carbocycles. The zero-order valence-electron chi connectivity index (χ0n) is 12.2. The number of nitrogens with zero attached hydrogens (tertiary/aromatic N) is 2. The SMILES string of the molecule is Cc1nc2sccn2c1CNC(C)(CO)c1ccccc1. The highest BCUT2D eigenvalue weighted by atomic mass is 32.1. The average Bonchev–Trinajstić information content (AvgIpc) is 3.06. The number of hydrogen-bond donors (Lipinski definition) is 2. The Morgan fingerprint density at radius 3 is 2.81 bits per heavy atom. The van der Waals surface area contributed by atoms with Crippen LogP contribution in [0, 0.1) is 6.92 Å². The number of imidazole rings is 1. The third-order valence-corrected chi connectivity index (χ3v) is 4.69. The van der Waals surface area contributed by atoms with Gasteiger partial charge in [0.2, 0.25) is 0 Å². The molecule has 2 N–H and O–H groups in total. The highest BCUT2D eigenvalue weighted by Crippen LogP contribution is 2.22. The fraction of sp³-hybridized carbons (Fsp3) is 0.312. The van der Waals surface area contributed by atoms with Crippen LogP contribution >= 0.6 is 11.3 Å². The van der Waals surface area contributed by atoms with Gasteiger partial charge in [0, 0.05) is 18.1 Å². The van der Waals surface area contributed by atoms with Gasteiger partial charge in [-0.05, 0) is 19.4 Å². The molecule has 2 heterocycles. The van der Waals surface area contributed by atoms with Crippen molar-refractivity contribution in [3.63, 3.8) is 0 Å². The number of aryl methyl sites for hydroxylation is 1. The van der Waals surface area contributed by atoms with Crippen molar-refractivity contribution in [3.05, 3.63) is 58.9 Å². The zero-order valence-corrected chi connectivity index (χ0v) is 13.0. The normalized spacial score (nSPS) is 14.4. The summed E-state index contributed by atoms with van der Waals surface area (Å²) >= 11 is 1.63. The molecule has 1 atom stereocenters. The average molecular weight is 301 g/mol. The fourth-order valence-corrected chi connectivity index (χ4v) is 3.27. The summed E-state index contributed by atoms with van der Waals surface area (Å²) in [5.41, 5.74) is 2.79. The molecule has 4 nitrogen and oxygen atoms in total. The topological polar surface area (TPSA) is 49.6 Å². The molecule has 0 aliphatic rings. The van der Waals surface area contributed by atoms with Gasteiger partial charge in [-0.2, -0.15) is 0 Å². The molecule has 0 saturated carbocycles. The summed E-state index contributed by atoms with van der Waals surface area (Å²) in [6, 6.07) is 10.0. The standard InChI is InChI=1S/C16H19N3OS/c1-12-14(19-8-9-21-15(19)18-12)10-17-16(2,11-20)13-6-4-3-5-7-13/h3-9,17,20H,10-11H2,1-2H3. The number of hydrogen-bond acceptors (Lipinski definition) is 4. The van der Waals surface area contributed by atoms with E-state index in [2.05, 4.69) is 14.7 Å². The van der Waals surface area contributed by atoms with E-state index < -0.39 is 5.54 Å². The fourth-order valence-electron chi connectivity index (χ4n) is 2.49. The number of benzene rings is 1. The molecule has 3 aromatic rings. The van der Waals surface area contributed by atoms with Gasteiger partial charge in [-0.1, -0.05) is 30.3 Å². The van der Waals surface area contributed by atoms with Crippen molar-refractivity contribution >= 4 is 16.3 Å². The first kappa shape index (κ1) is 14.3. The van der Waals surface area contributed by atoms with Gasteiger partial charge in [0.1, 0.15) is 0 Å². The molecule has 0 fully saturated rings. The molecular weight excluding hydrogens is 282 g/mol. The van der Waals surface area contributed by atoms with Crippen molar-refractivity contribution < 1.29 is 5.11 Å². The summed E-state index contributed by atoms with van der Waals surface area (Å²) in [6.07, 6.45) is 2.04. The minimum absolute atomic E-state index is 0.0433. The van der Waals surface area contributed by atoms with Crippen molar-refractivity contribution in [2.45, 2.75) is 25.9 Å². The number of thiazole rings is 1. The van der Waals surface area contributed by atoms with Crippen LogP contribution in [0.5, 0.6) is 0 Å². The van der Waals surface area contributed by atoms with Crippen molar-refractivity contribution in [2.24, 2.45) is 0 Å². The van der Waals surface area contributed by atoms with Crippen molar-refractivity contribution in [2.75, 3.05) is 6.61 Å². The second kappa shape index (κ2) is 5.60. The molecule has 3 rings (SSSR count). The lowest BCUT2D eigenvalue weighted by Gasteiger charge is -2.29. The van der Waals surface area contributed by atoms with Gasteiger partial charge in [0.25, 0.3) is 0 Å². The van der Waals surface area contributed by atoms with Gasteiger partial charge in [-0.3, -0.25) is 4.40 Å². The lowest BCUT2D eigenvalue weighted by atomic mass is 9.93. The van der Waals surface area contributed by atoms with E-state index >= 15 is 0 Å². The smallest absolute Gasteiger partial charge is 0.194 e. The molecule has 110 valence electrons. The van der Waals surface area contributed by atoms with Crippen molar-refractivity contribution in [1.82, 2.24) is 14.7 Å². The highest BCUT2D eigenvalue weighted by Gasteiger charge is 2.25. The van der Waals surface area contributed by atoms with Gasteiger partial charge >= 0.3 is 0 Å². The quantitative estimate of drug-likeness (QED) is 0.762. The molecule has 0 saturated heterocycles. The molecular formula is C16H19N3OS. The summed E-state index contributed by atoms with van der Waals surface area (Å²) in [6.45, 7) is 4.75. The van der Waals surface area contributed by atoms with Crippen LogP contribution in [0.15, 0.2) is 41.9 Å². The van der Waals surface area contributed by atoms with E-state index in [1.807, 2.05) is 55.8 Å². The minimum Gasteiger partial charge on any atom is -0.394 e. The summed E-state index contributed by atoms with van der Waals surface area (Å²) in [5.74, 6) is 0. The Hall–Kier alpha value is -1.69. The number of aliphatic hydroxyl groups is 1. The van der Waals surface area contributed by atoms with Crippen LogP contribution in [0.4, 0.5) is 0 Å². The minimum atomic E-state index is -0.464. The van der Waals surface area contributed by atoms with Gasteiger partial charge in [-0.25, -0.2) is 4.98 Å². The van der Waals surface area contributed by atoms with Crippen LogP contribution in [0.3, 0.4) is 0 Å². The predicted octanol–water partition coefficient (Wildman–Crippen LogP) is 2.70. The molecule has 0 bridgehead atoms. The first-order chi connectivity index (χ1) is 10.1. The van der Waals surface area contributed by atoms with Crippen molar-refractivity contribution in [1.29, 1.82) is 0 Å². The Morgan fingerprint density at radius 1 is 1.33 bits per heavy atom. The summed E-state index contributed by atoms with van der Waals surface area (Å²) in [5, 5.41) is 15.3. The molecule has 0 amide bonds. The lowest BCUT2D eigenvalue weighted by molar-refractivity contribution is 0.173. The third-order valence-electron chi connectivity index (χ3n) is 3.93. The molecule has 1 unspecified atom stereocenters. The van der Waals surface area contributed by atoms with E-state index in [4.69, 9.17) is 0 Å². The monoisotopic (exact) mass is 301 g/mol. The van der Waals surface area contributed by atoms with Crippen molar-refractivity contribution in [3.8, 4) is 0 Å². The van der Waals surface area contributed by atoms with E-state index in [1.54, 1.807) is 11.3 Å². The molecule has 2 aromatic heterocycles. The van der Waals surface area contributed by atoms with Crippen LogP contribution in [0.2, 0.25) is 0 Å². The Kier molecular flexibility index (Phi) is 3.80. The molecule has 5 heteroatoms. The molecule has 0 aliphatic heterocycles. The van der Waals surface area contributed by atoms with Crippen LogP contribution in [-0.2, 0) is 12.1 Å². The maximum absolute atomic E-state index is 9.83. The van der Waals surface area contributed by atoms with E-state index in [-0.39, 0.29) is 6.61 Å². The third kappa shape index (κ3) is 2.60. The van der Waals surface area contributed by atoms with Gasteiger partial charge in [0.15, 0.2) is 4.96 Å². The predicted molar refractivity (Wildman–Crippen MR) is 85.5 cm³/mol. The first-order valence-electron chi connectivity index (χ1n) is 6.96. The molecule has 0 spiro atoms. The maximum Gasteiger partial charge on any atom is 0.194 e. The largest absolute Gasteiger partial charge is 0.394 e. The molecule has 21 heavy (non-hydrogen) atoms. The van der Waals surface area contributed by atoms with Crippen LogP contribution < -0.4 is 5.32 Å². The van der Waals surface area contributed by atoms with Crippen LogP contribution in [0.25, 0.3) is 4.96 Å². The van der Waals surface area contributed by atoms with E-state index in [0.717, 1.165) is 21.9 Å². The number of aromatic nitrogens is 2. The Morgan fingerprint density at radius 2 is 2.10 bits per heavy atom. The number of rotatable bonds is 5. The Labute approximate surface area is 128 Å². The number of aliphatic hydroxyl groups excluding tert-OH is 1.